The van der Waals surface area contributed by atoms with Gasteiger partial charge in [0.15, 0.2) is 0 Å². The highest BCUT2D eigenvalue weighted by molar-refractivity contribution is 5.46. The highest BCUT2D eigenvalue weighted by Crippen LogP contribution is 2.60. The largest absolute Gasteiger partial charge is 0.237 e. The second-order valence-electron chi connectivity index (χ2n) is 5.10. The molecule has 0 amide bonds. The molecule has 2 aromatic carbocycles. The third kappa shape index (κ3) is 1.75. The lowest BCUT2D eigenvalue weighted by atomic mass is 9.85. The molecule has 1 unspecified atom stereocenters. The molecule has 0 N–H and O–H groups in total. The normalized spacial score (nSPS) is 20.6. The zero-order valence-electron chi connectivity index (χ0n) is 10.4. The van der Waals surface area contributed by atoms with Crippen molar-refractivity contribution in [2.24, 2.45) is 5.92 Å². The van der Waals surface area contributed by atoms with Crippen molar-refractivity contribution in [1.29, 1.82) is 0 Å². The van der Waals surface area contributed by atoms with Crippen molar-refractivity contribution in [3.05, 3.63) is 71.8 Å². The first-order chi connectivity index (χ1) is 8.88. The molecule has 0 aliphatic heterocycles. The van der Waals surface area contributed by atoms with Crippen LogP contribution in [0.3, 0.4) is 0 Å². The van der Waals surface area contributed by atoms with Gasteiger partial charge in [-0.3, -0.25) is 0 Å². The molecule has 0 spiro atoms. The van der Waals surface area contributed by atoms with Crippen LogP contribution in [0.5, 0.6) is 0 Å². The van der Waals surface area contributed by atoms with Crippen molar-refractivity contribution in [2.75, 3.05) is 6.61 Å². The Bertz CT molecular complexity index is 464. The Labute approximate surface area is 108 Å². The molecular weight excluding hydrogens is 220 g/mol. The maximum Gasteiger partial charge on any atom is 0.0825 e. The van der Waals surface area contributed by atoms with Crippen molar-refractivity contribution in [3.8, 4) is 0 Å². The summed E-state index contributed by atoms with van der Waals surface area (Å²) in [5, 5.41) is 10.9. The first-order valence-electron chi connectivity index (χ1n) is 6.57. The molecule has 1 fully saturated rings. The van der Waals surface area contributed by atoms with E-state index in [1.54, 1.807) is 0 Å². The summed E-state index contributed by atoms with van der Waals surface area (Å²) in [6.07, 6.45) is 1.90. The van der Waals surface area contributed by atoms with E-state index in [9.17, 15) is 5.11 Å². The lowest BCUT2D eigenvalue weighted by molar-refractivity contribution is 0.181. The Morgan fingerprint density at radius 3 is 1.83 bits per heavy atom. The van der Waals surface area contributed by atoms with Crippen LogP contribution in [0.4, 0.5) is 0 Å². The van der Waals surface area contributed by atoms with E-state index in [0.717, 1.165) is 12.8 Å². The minimum atomic E-state index is 0.0338. The predicted molar refractivity (Wildman–Crippen MR) is 71.9 cm³/mol. The monoisotopic (exact) mass is 237 g/mol. The average molecular weight is 237 g/mol. The molecule has 1 radical (unpaired) electrons. The Balaban J connectivity index is 2.02. The maximum absolute atomic E-state index is 10.9. The molecule has 91 valence electrons. The molecule has 0 saturated heterocycles. The highest BCUT2D eigenvalue weighted by atomic mass is 16.3. The maximum atomic E-state index is 10.9. The van der Waals surface area contributed by atoms with Gasteiger partial charge < -0.3 is 0 Å². The van der Waals surface area contributed by atoms with Crippen LogP contribution in [0.15, 0.2) is 60.7 Å². The zero-order valence-corrected chi connectivity index (χ0v) is 10.4. The Kier molecular flexibility index (Phi) is 2.92. The average Bonchev–Trinajstić information content (AvgIpc) is 3.17. The fraction of sp³-hybridized carbons (Fsp3) is 0.294. The zero-order chi connectivity index (χ0) is 12.4. The van der Waals surface area contributed by atoms with E-state index in [4.69, 9.17) is 0 Å². The van der Waals surface area contributed by atoms with Gasteiger partial charge in [-0.15, -0.1) is 0 Å². The van der Waals surface area contributed by atoms with E-state index in [0.29, 0.717) is 5.92 Å². The summed E-state index contributed by atoms with van der Waals surface area (Å²) in [5.41, 5.74) is 2.82. The number of benzene rings is 2. The molecule has 0 bridgehead atoms. The van der Waals surface area contributed by atoms with Crippen LogP contribution in [0.1, 0.15) is 24.0 Å². The van der Waals surface area contributed by atoms with Gasteiger partial charge in [-0.2, -0.15) is 0 Å². The van der Waals surface area contributed by atoms with Crippen molar-refractivity contribution in [2.45, 2.75) is 18.3 Å². The molecule has 1 aliphatic rings. The van der Waals surface area contributed by atoms with Gasteiger partial charge in [0, 0.05) is 5.41 Å². The Morgan fingerprint density at radius 2 is 1.39 bits per heavy atom. The van der Waals surface area contributed by atoms with Gasteiger partial charge in [0.05, 0.1) is 6.61 Å². The summed E-state index contributed by atoms with van der Waals surface area (Å²) in [4.78, 5) is 0. The quantitative estimate of drug-likeness (QED) is 0.770. The van der Waals surface area contributed by atoms with Gasteiger partial charge in [0.2, 0.25) is 0 Å². The van der Waals surface area contributed by atoms with Crippen LogP contribution >= 0.6 is 0 Å². The lowest BCUT2D eigenvalue weighted by Gasteiger charge is -2.18. The molecular formula is C17H17O. The van der Waals surface area contributed by atoms with E-state index in [1.165, 1.54) is 11.1 Å². The minimum Gasteiger partial charge on any atom is -0.237 e. The van der Waals surface area contributed by atoms with E-state index in [2.05, 4.69) is 48.5 Å². The lowest BCUT2D eigenvalue weighted by Crippen LogP contribution is -2.12. The first-order valence-corrected chi connectivity index (χ1v) is 6.57. The van der Waals surface area contributed by atoms with Crippen LogP contribution < -0.4 is 0 Å². The molecule has 1 aliphatic carbocycles. The smallest absolute Gasteiger partial charge is 0.0825 e. The number of hydrogen-bond donors (Lipinski definition) is 0. The van der Waals surface area contributed by atoms with Crippen molar-refractivity contribution in [3.63, 3.8) is 0 Å². The van der Waals surface area contributed by atoms with E-state index < -0.39 is 0 Å². The standard InChI is InChI=1S/C17H17O/c18-12-11-16-13-17(16,14-7-3-1-4-8-14)15-9-5-2-6-10-15/h1-10,16H,11-13H2. The van der Waals surface area contributed by atoms with Crippen LogP contribution in [-0.4, -0.2) is 6.61 Å². The second kappa shape index (κ2) is 4.58. The molecule has 0 aromatic heterocycles. The highest BCUT2D eigenvalue weighted by Gasteiger charge is 2.55. The first kappa shape index (κ1) is 11.5. The number of rotatable bonds is 4. The summed E-state index contributed by atoms with van der Waals surface area (Å²) in [6, 6.07) is 21.2. The third-order valence-corrected chi connectivity index (χ3v) is 4.15. The van der Waals surface area contributed by atoms with Crippen LogP contribution in [0.2, 0.25) is 0 Å². The van der Waals surface area contributed by atoms with Crippen molar-refractivity contribution < 1.29 is 5.11 Å². The van der Waals surface area contributed by atoms with Crippen molar-refractivity contribution in [1.82, 2.24) is 0 Å². The summed E-state index contributed by atoms with van der Waals surface area (Å²) < 4.78 is 0. The van der Waals surface area contributed by atoms with Gasteiger partial charge in [0.25, 0.3) is 0 Å². The Morgan fingerprint density at radius 1 is 0.889 bits per heavy atom. The molecule has 1 nitrogen and oxygen atoms in total. The fourth-order valence-corrected chi connectivity index (χ4v) is 3.17. The van der Waals surface area contributed by atoms with Crippen LogP contribution in [0, 0.1) is 5.92 Å². The number of hydrogen-bond acceptors (Lipinski definition) is 0. The molecule has 3 rings (SSSR count). The topological polar surface area (TPSA) is 19.9 Å². The predicted octanol–water partition coefficient (Wildman–Crippen LogP) is 3.81. The van der Waals surface area contributed by atoms with Gasteiger partial charge in [-0.05, 0) is 29.9 Å². The summed E-state index contributed by atoms with van der Waals surface area (Å²) in [5.74, 6) is 0.514. The molecule has 2 aromatic rings. The van der Waals surface area contributed by atoms with Gasteiger partial charge >= 0.3 is 0 Å². The van der Waals surface area contributed by atoms with E-state index in [-0.39, 0.29) is 12.0 Å². The molecule has 1 saturated carbocycles. The summed E-state index contributed by atoms with van der Waals surface area (Å²) >= 11 is 0. The molecule has 0 heterocycles. The van der Waals surface area contributed by atoms with Crippen molar-refractivity contribution >= 4 is 0 Å². The van der Waals surface area contributed by atoms with Gasteiger partial charge in [-0.1, -0.05) is 60.7 Å². The fourth-order valence-electron chi connectivity index (χ4n) is 3.17. The third-order valence-electron chi connectivity index (χ3n) is 4.15. The van der Waals surface area contributed by atoms with Crippen LogP contribution in [-0.2, 0) is 10.5 Å². The molecule has 18 heavy (non-hydrogen) atoms. The summed E-state index contributed by atoms with van der Waals surface area (Å²) in [6.45, 7) is 0.0338. The molecule has 1 heteroatoms. The Hall–Kier alpha value is -1.60. The summed E-state index contributed by atoms with van der Waals surface area (Å²) in [7, 11) is 0. The van der Waals surface area contributed by atoms with E-state index in [1.807, 2.05) is 12.1 Å². The van der Waals surface area contributed by atoms with E-state index >= 15 is 0 Å². The van der Waals surface area contributed by atoms with Crippen LogP contribution in [0.25, 0.3) is 0 Å². The minimum absolute atomic E-state index is 0.0338. The SMILES string of the molecule is [O]CCC1CC1(c1ccccc1)c1ccccc1. The van der Waals surface area contributed by atoms with Gasteiger partial charge in [0.1, 0.15) is 0 Å². The molecule has 1 atom stereocenters. The second-order valence-corrected chi connectivity index (χ2v) is 5.10. The van der Waals surface area contributed by atoms with Gasteiger partial charge in [-0.25, -0.2) is 5.11 Å².